The van der Waals surface area contributed by atoms with Crippen molar-refractivity contribution in [2.75, 3.05) is 0 Å². The van der Waals surface area contributed by atoms with Crippen molar-refractivity contribution in [3.05, 3.63) is 43.6 Å². The number of H-pyrrole nitrogens is 1. The molecule has 0 aliphatic heterocycles. The highest BCUT2D eigenvalue weighted by molar-refractivity contribution is 9.10. The lowest BCUT2D eigenvalue weighted by atomic mass is 10.0. The third kappa shape index (κ3) is 2.10. The van der Waals surface area contributed by atoms with E-state index in [0.29, 0.717) is 16.3 Å². The fraction of sp³-hybridized carbons (Fsp3) is 0.357. The molecular formula is C14H13BrClNO. The van der Waals surface area contributed by atoms with Crippen molar-refractivity contribution in [1.29, 1.82) is 0 Å². The topological polar surface area (TPSA) is 32.9 Å². The molecule has 1 aliphatic carbocycles. The Kier molecular flexibility index (Phi) is 3.20. The van der Waals surface area contributed by atoms with E-state index in [-0.39, 0.29) is 5.43 Å². The molecule has 0 bridgehead atoms. The fourth-order valence-electron chi connectivity index (χ4n) is 2.75. The molecule has 0 spiro atoms. The fourth-order valence-corrected chi connectivity index (χ4v) is 3.61. The molecule has 94 valence electrons. The van der Waals surface area contributed by atoms with Crippen molar-refractivity contribution in [3.63, 3.8) is 0 Å². The minimum atomic E-state index is 0.0499. The second-order valence-electron chi connectivity index (χ2n) is 4.88. The summed E-state index contributed by atoms with van der Waals surface area (Å²) in [7, 11) is 0. The molecule has 1 fully saturated rings. The largest absolute Gasteiger partial charge is 0.357 e. The van der Waals surface area contributed by atoms with Crippen LogP contribution in [0.3, 0.4) is 0 Å². The molecule has 0 atom stereocenters. The van der Waals surface area contributed by atoms with E-state index in [1.807, 2.05) is 12.1 Å². The van der Waals surface area contributed by atoms with Crippen LogP contribution in [0.1, 0.15) is 37.3 Å². The lowest BCUT2D eigenvalue weighted by Crippen LogP contribution is -2.07. The van der Waals surface area contributed by atoms with E-state index in [4.69, 9.17) is 11.6 Å². The lowest BCUT2D eigenvalue weighted by molar-refractivity contribution is 0.700. The molecule has 18 heavy (non-hydrogen) atoms. The van der Waals surface area contributed by atoms with Crippen LogP contribution in [0.2, 0.25) is 5.02 Å². The van der Waals surface area contributed by atoms with Crippen LogP contribution in [0.4, 0.5) is 0 Å². The van der Waals surface area contributed by atoms with Crippen LogP contribution < -0.4 is 5.43 Å². The Balaban J connectivity index is 2.23. The summed E-state index contributed by atoms with van der Waals surface area (Å²) in [4.78, 5) is 15.5. The molecule has 1 aromatic carbocycles. The van der Waals surface area contributed by atoms with Gasteiger partial charge in [0.25, 0.3) is 0 Å². The first-order chi connectivity index (χ1) is 8.65. The van der Waals surface area contributed by atoms with Gasteiger partial charge in [0, 0.05) is 21.6 Å². The zero-order valence-electron chi connectivity index (χ0n) is 9.80. The van der Waals surface area contributed by atoms with Crippen molar-refractivity contribution in [2.45, 2.75) is 31.6 Å². The SMILES string of the molecule is O=c1cc(C2CCCC2)[nH]c2c(Cl)cc(Br)cc12. The van der Waals surface area contributed by atoms with Gasteiger partial charge >= 0.3 is 0 Å². The zero-order chi connectivity index (χ0) is 12.7. The maximum Gasteiger partial charge on any atom is 0.189 e. The van der Waals surface area contributed by atoms with E-state index < -0.39 is 0 Å². The van der Waals surface area contributed by atoms with Gasteiger partial charge in [0.05, 0.1) is 10.5 Å². The normalized spacial score (nSPS) is 16.6. The predicted molar refractivity (Wildman–Crippen MR) is 78.5 cm³/mol. The molecule has 4 heteroatoms. The van der Waals surface area contributed by atoms with Gasteiger partial charge in [0.2, 0.25) is 0 Å². The molecule has 2 nitrogen and oxygen atoms in total. The van der Waals surface area contributed by atoms with Crippen molar-refractivity contribution in [2.24, 2.45) is 0 Å². The van der Waals surface area contributed by atoms with Crippen molar-refractivity contribution in [1.82, 2.24) is 4.98 Å². The third-order valence-electron chi connectivity index (χ3n) is 3.67. The van der Waals surface area contributed by atoms with Gasteiger partial charge in [-0.15, -0.1) is 0 Å². The van der Waals surface area contributed by atoms with Crippen molar-refractivity contribution >= 4 is 38.4 Å². The summed E-state index contributed by atoms with van der Waals surface area (Å²) in [5.41, 5.74) is 1.84. The van der Waals surface area contributed by atoms with Crippen LogP contribution in [0, 0.1) is 0 Å². The second kappa shape index (κ2) is 4.71. The highest BCUT2D eigenvalue weighted by Gasteiger charge is 2.19. The van der Waals surface area contributed by atoms with Crippen LogP contribution in [0.5, 0.6) is 0 Å². The Morgan fingerprint density at radius 3 is 2.67 bits per heavy atom. The van der Waals surface area contributed by atoms with E-state index in [2.05, 4.69) is 20.9 Å². The minimum absolute atomic E-state index is 0.0499. The first kappa shape index (κ1) is 12.2. The molecule has 1 N–H and O–H groups in total. The van der Waals surface area contributed by atoms with Gasteiger partial charge < -0.3 is 4.98 Å². The van der Waals surface area contributed by atoms with Gasteiger partial charge in [-0.25, -0.2) is 0 Å². The van der Waals surface area contributed by atoms with E-state index in [1.54, 1.807) is 6.07 Å². The highest BCUT2D eigenvalue weighted by Crippen LogP contribution is 2.34. The van der Waals surface area contributed by atoms with E-state index in [9.17, 15) is 4.79 Å². The molecule has 2 aromatic rings. The molecule has 0 radical (unpaired) electrons. The maximum atomic E-state index is 12.2. The summed E-state index contributed by atoms with van der Waals surface area (Å²) < 4.78 is 0.833. The van der Waals surface area contributed by atoms with Crippen LogP contribution >= 0.6 is 27.5 Å². The summed E-state index contributed by atoms with van der Waals surface area (Å²) in [6.45, 7) is 0. The van der Waals surface area contributed by atoms with Gasteiger partial charge in [-0.1, -0.05) is 40.4 Å². The Morgan fingerprint density at radius 1 is 1.22 bits per heavy atom. The Bertz CT molecular complexity index is 659. The molecular weight excluding hydrogens is 314 g/mol. The number of nitrogens with one attached hydrogen (secondary N) is 1. The van der Waals surface area contributed by atoms with E-state index in [0.717, 1.165) is 28.5 Å². The number of rotatable bonds is 1. The van der Waals surface area contributed by atoms with Crippen molar-refractivity contribution in [3.8, 4) is 0 Å². The van der Waals surface area contributed by atoms with Crippen LogP contribution in [-0.2, 0) is 0 Å². The second-order valence-corrected chi connectivity index (χ2v) is 6.20. The van der Waals surface area contributed by atoms with Gasteiger partial charge in [-0.2, -0.15) is 0 Å². The van der Waals surface area contributed by atoms with Crippen molar-refractivity contribution < 1.29 is 0 Å². The lowest BCUT2D eigenvalue weighted by Gasteiger charge is -2.11. The van der Waals surface area contributed by atoms with Gasteiger partial charge in [-0.05, 0) is 30.9 Å². The number of pyridine rings is 1. The van der Waals surface area contributed by atoms with Gasteiger partial charge in [-0.3, -0.25) is 4.79 Å². The Labute approximate surface area is 118 Å². The van der Waals surface area contributed by atoms with Gasteiger partial charge in [0.1, 0.15) is 0 Å². The molecule has 3 rings (SSSR count). The first-order valence-corrected chi connectivity index (χ1v) is 7.34. The van der Waals surface area contributed by atoms with Crippen LogP contribution in [-0.4, -0.2) is 4.98 Å². The number of fused-ring (bicyclic) bond motifs is 1. The van der Waals surface area contributed by atoms with E-state index >= 15 is 0 Å². The predicted octanol–water partition coefficient (Wildman–Crippen LogP) is 4.60. The van der Waals surface area contributed by atoms with Crippen LogP contribution in [0.25, 0.3) is 10.9 Å². The first-order valence-electron chi connectivity index (χ1n) is 6.17. The third-order valence-corrected chi connectivity index (χ3v) is 4.43. The standard InChI is InChI=1S/C14H13BrClNO/c15-9-5-10-13(18)7-12(8-3-1-2-4-8)17-14(10)11(16)6-9/h5-8H,1-4H2,(H,17,18). The minimum Gasteiger partial charge on any atom is -0.357 e. The molecule has 1 aromatic heterocycles. The molecule has 1 saturated carbocycles. The Hall–Kier alpha value is -0.800. The van der Waals surface area contributed by atoms with Crippen LogP contribution in [0.15, 0.2) is 27.5 Å². The molecule has 0 unspecified atom stereocenters. The van der Waals surface area contributed by atoms with Gasteiger partial charge in [0.15, 0.2) is 5.43 Å². The number of aromatic nitrogens is 1. The van der Waals surface area contributed by atoms with E-state index in [1.165, 1.54) is 12.8 Å². The molecule has 0 saturated heterocycles. The molecule has 1 heterocycles. The average molecular weight is 327 g/mol. The quantitative estimate of drug-likeness (QED) is 0.816. The highest BCUT2D eigenvalue weighted by atomic mass is 79.9. The molecule has 1 aliphatic rings. The summed E-state index contributed by atoms with van der Waals surface area (Å²) >= 11 is 9.58. The smallest absolute Gasteiger partial charge is 0.189 e. The summed E-state index contributed by atoms with van der Waals surface area (Å²) in [5, 5.41) is 1.24. The monoisotopic (exact) mass is 325 g/mol. The number of hydrogen-bond donors (Lipinski definition) is 1. The number of aromatic amines is 1. The zero-order valence-corrected chi connectivity index (χ0v) is 12.1. The Morgan fingerprint density at radius 2 is 1.94 bits per heavy atom. The number of benzene rings is 1. The summed E-state index contributed by atoms with van der Waals surface area (Å²) in [6.07, 6.45) is 4.82. The maximum absolute atomic E-state index is 12.2. The number of halogens is 2. The summed E-state index contributed by atoms with van der Waals surface area (Å²) in [6, 6.07) is 5.37. The summed E-state index contributed by atoms with van der Waals surface area (Å²) in [5.74, 6) is 0.488. The average Bonchev–Trinajstić information content (AvgIpc) is 2.83. The number of hydrogen-bond acceptors (Lipinski definition) is 1. The molecule has 0 amide bonds.